The van der Waals surface area contributed by atoms with E-state index >= 15 is 0 Å². The number of ether oxygens (including phenoxy) is 1. The van der Waals surface area contributed by atoms with Crippen molar-refractivity contribution >= 4 is 11.3 Å². The van der Waals surface area contributed by atoms with Crippen LogP contribution in [0.2, 0.25) is 0 Å². The summed E-state index contributed by atoms with van der Waals surface area (Å²) in [5.41, 5.74) is 0.669. The summed E-state index contributed by atoms with van der Waals surface area (Å²) in [6.45, 7) is 2.90. The fraction of sp³-hybridized carbons (Fsp3) is 0.600. The van der Waals surface area contributed by atoms with Crippen molar-refractivity contribution in [1.29, 1.82) is 5.26 Å². The summed E-state index contributed by atoms with van der Waals surface area (Å²) < 4.78 is 5.68. The van der Waals surface area contributed by atoms with E-state index < -0.39 is 0 Å². The third-order valence-electron chi connectivity index (χ3n) is 2.48. The Labute approximate surface area is 87.3 Å². The average Bonchev–Trinajstić information content (AvgIpc) is 2.75. The van der Waals surface area contributed by atoms with E-state index in [0.717, 1.165) is 30.2 Å². The summed E-state index contributed by atoms with van der Waals surface area (Å²) in [6, 6.07) is 2.10. The minimum Gasteiger partial charge on any atom is -0.368 e. The maximum Gasteiger partial charge on any atom is 0.125 e. The fourth-order valence-electron chi connectivity index (χ4n) is 1.66. The molecule has 0 amide bonds. The summed E-state index contributed by atoms with van der Waals surface area (Å²) in [5, 5.41) is 11.5. The molecule has 2 heterocycles. The van der Waals surface area contributed by atoms with Crippen LogP contribution in [0.5, 0.6) is 0 Å². The van der Waals surface area contributed by atoms with Crippen molar-refractivity contribution in [3.8, 4) is 6.07 Å². The minimum absolute atomic E-state index is 0.196. The summed E-state index contributed by atoms with van der Waals surface area (Å²) >= 11 is 1.60. The van der Waals surface area contributed by atoms with Crippen molar-refractivity contribution in [3.05, 3.63) is 16.1 Å². The SMILES string of the molecule is CC1(c2nc(CC#N)cs2)CCCO1. The number of hydrogen-bond acceptors (Lipinski definition) is 4. The monoisotopic (exact) mass is 208 g/mol. The van der Waals surface area contributed by atoms with Crippen molar-refractivity contribution in [2.75, 3.05) is 6.61 Å². The van der Waals surface area contributed by atoms with Gasteiger partial charge in [-0.15, -0.1) is 11.3 Å². The van der Waals surface area contributed by atoms with Crippen molar-refractivity contribution in [2.24, 2.45) is 0 Å². The standard InChI is InChI=1S/C10H12N2OS/c1-10(4-2-6-13-10)9-12-8(3-5-11)7-14-9/h7H,2-4,6H2,1H3. The van der Waals surface area contributed by atoms with Gasteiger partial charge in [-0.05, 0) is 19.8 Å². The lowest BCUT2D eigenvalue weighted by molar-refractivity contribution is 0.0165. The van der Waals surface area contributed by atoms with Gasteiger partial charge in [0.1, 0.15) is 10.6 Å². The molecule has 0 saturated carbocycles. The van der Waals surface area contributed by atoms with Gasteiger partial charge >= 0.3 is 0 Å². The number of aromatic nitrogens is 1. The molecule has 74 valence electrons. The van der Waals surface area contributed by atoms with E-state index in [1.54, 1.807) is 11.3 Å². The van der Waals surface area contributed by atoms with E-state index in [1.807, 2.05) is 5.38 Å². The molecule has 1 aliphatic rings. The highest BCUT2D eigenvalue weighted by Gasteiger charge is 2.34. The van der Waals surface area contributed by atoms with E-state index in [0.29, 0.717) is 6.42 Å². The first-order valence-electron chi connectivity index (χ1n) is 4.70. The summed E-state index contributed by atoms with van der Waals surface area (Å²) in [4.78, 5) is 4.42. The Morgan fingerprint density at radius 2 is 2.64 bits per heavy atom. The molecule has 1 saturated heterocycles. The topological polar surface area (TPSA) is 45.9 Å². The zero-order valence-electron chi connectivity index (χ0n) is 8.12. The third-order valence-corrected chi connectivity index (χ3v) is 3.62. The van der Waals surface area contributed by atoms with Gasteiger partial charge in [0.15, 0.2) is 0 Å². The lowest BCUT2D eigenvalue weighted by atomic mass is 10.0. The van der Waals surface area contributed by atoms with Crippen molar-refractivity contribution in [1.82, 2.24) is 4.98 Å². The third kappa shape index (κ3) is 1.66. The second-order valence-corrected chi connectivity index (χ2v) is 4.52. The Balaban J connectivity index is 2.20. The molecule has 1 atom stereocenters. The average molecular weight is 208 g/mol. The molecule has 0 N–H and O–H groups in total. The van der Waals surface area contributed by atoms with E-state index in [4.69, 9.17) is 10.00 Å². The first-order chi connectivity index (χ1) is 6.74. The molecule has 0 spiro atoms. The Morgan fingerprint density at radius 1 is 1.79 bits per heavy atom. The summed E-state index contributed by atoms with van der Waals surface area (Å²) in [6.07, 6.45) is 2.53. The molecule has 2 rings (SSSR count). The Kier molecular flexibility index (Phi) is 2.53. The normalized spacial score (nSPS) is 26.3. The molecule has 0 aromatic carbocycles. The fourth-order valence-corrected chi connectivity index (χ4v) is 2.62. The smallest absolute Gasteiger partial charge is 0.125 e. The quantitative estimate of drug-likeness (QED) is 0.748. The van der Waals surface area contributed by atoms with E-state index in [-0.39, 0.29) is 5.60 Å². The van der Waals surface area contributed by atoms with Gasteiger partial charge in [-0.1, -0.05) is 0 Å². The molecule has 1 fully saturated rings. The highest BCUT2D eigenvalue weighted by molar-refractivity contribution is 7.09. The Morgan fingerprint density at radius 3 is 3.29 bits per heavy atom. The number of rotatable bonds is 2. The van der Waals surface area contributed by atoms with Crippen LogP contribution >= 0.6 is 11.3 Å². The van der Waals surface area contributed by atoms with Crippen molar-refractivity contribution < 1.29 is 4.74 Å². The van der Waals surface area contributed by atoms with Gasteiger partial charge in [-0.25, -0.2) is 4.98 Å². The maximum atomic E-state index is 8.54. The summed E-state index contributed by atoms with van der Waals surface area (Å²) in [5.74, 6) is 0. The van der Waals surface area contributed by atoms with Crippen LogP contribution in [0.4, 0.5) is 0 Å². The predicted molar refractivity (Wildman–Crippen MR) is 54.0 cm³/mol. The molecule has 1 aliphatic heterocycles. The number of hydrogen-bond donors (Lipinski definition) is 0. The van der Waals surface area contributed by atoms with Gasteiger partial charge in [0, 0.05) is 12.0 Å². The number of nitriles is 1. The first kappa shape index (κ1) is 9.63. The molecule has 0 aliphatic carbocycles. The second-order valence-electron chi connectivity index (χ2n) is 3.66. The lowest BCUT2D eigenvalue weighted by Crippen LogP contribution is -2.19. The van der Waals surface area contributed by atoms with Crippen LogP contribution in [-0.4, -0.2) is 11.6 Å². The number of thiazole rings is 1. The molecule has 4 heteroatoms. The molecule has 1 aromatic heterocycles. The van der Waals surface area contributed by atoms with Gasteiger partial charge in [-0.2, -0.15) is 5.26 Å². The van der Waals surface area contributed by atoms with E-state index in [2.05, 4.69) is 18.0 Å². The van der Waals surface area contributed by atoms with Crippen molar-refractivity contribution in [2.45, 2.75) is 31.8 Å². The van der Waals surface area contributed by atoms with E-state index in [9.17, 15) is 0 Å². The molecule has 1 aromatic rings. The van der Waals surface area contributed by atoms with E-state index in [1.165, 1.54) is 0 Å². The zero-order valence-corrected chi connectivity index (χ0v) is 8.93. The van der Waals surface area contributed by atoms with Gasteiger partial charge in [0.05, 0.1) is 18.2 Å². The van der Waals surface area contributed by atoms with Crippen LogP contribution in [-0.2, 0) is 16.8 Å². The molecule has 14 heavy (non-hydrogen) atoms. The Bertz CT molecular complexity index is 360. The molecule has 0 bridgehead atoms. The largest absolute Gasteiger partial charge is 0.368 e. The van der Waals surface area contributed by atoms with Crippen LogP contribution in [0, 0.1) is 11.3 Å². The molecular weight excluding hydrogens is 196 g/mol. The van der Waals surface area contributed by atoms with Crippen molar-refractivity contribution in [3.63, 3.8) is 0 Å². The van der Waals surface area contributed by atoms with Crippen LogP contribution in [0.1, 0.15) is 30.5 Å². The predicted octanol–water partition coefficient (Wildman–Crippen LogP) is 2.23. The van der Waals surface area contributed by atoms with Gasteiger partial charge in [0.2, 0.25) is 0 Å². The van der Waals surface area contributed by atoms with Crippen LogP contribution in [0.25, 0.3) is 0 Å². The van der Waals surface area contributed by atoms with Crippen LogP contribution in [0.15, 0.2) is 5.38 Å². The minimum atomic E-state index is -0.196. The number of nitrogens with zero attached hydrogens (tertiary/aromatic N) is 2. The first-order valence-corrected chi connectivity index (χ1v) is 5.58. The van der Waals surface area contributed by atoms with Gasteiger partial charge in [-0.3, -0.25) is 0 Å². The molecule has 0 radical (unpaired) electrons. The van der Waals surface area contributed by atoms with Gasteiger partial charge < -0.3 is 4.74 Å². The second kappa shape index (κ2) is 3.68. The zero-order chi connectivity index (χ0) is 10.0. The van der Waals surface area contributed by atoms with Gasteiger partial charge in [0.25, 0.3) is 0 Å². The lowest BCUT2D eigenvalue weighted by Gasteiger charge is -2.19. The van der Waals surface area contributed by atoms with Crippen LogP contribution < -0.4 is 0 Å². The van der Waals surface area contributed by atoms with Crippen LogP contribution in [0.3, 0.4) is 0 Å². The highest BCUT2D eigenvalue weighted by atomic mass is 32.1. The molecule has 3 nitrogen and oxygen atoms in total. The summed E-state index contributed by atoms with van der Waals surface area (Å²) in [7, 11) is 0. The molecular formula is C10H12N2OS. The highest BCUT2D eigenvalue weighted by Crippen LogP contribution is 2.37. The molecule has 1 unspecified atom stereocenters. The maximum absolute atomic E-state index is 8.54. The Hall–Kier alpha value is -0.920.